The summed E-state index contributed by atoms with van der Waals surface area (Å²) in [7, 11) is 0. The number of likely N-dealkylation sites (tertiary alicyclic amines) is 1. The van der Waals surface area contributed by atoms with Gasteiger partial charge in [0.15, 0.2) is 0 Å². The van der Waals surface area contributed by atoms with E-state index in [-0.39, 0.29) is 5.91 Å². The Hall–Kier alpha value is -1.07. The van der Waals surface area contributed by atoms with Crippen molar-refractivity contribution in [1.29, 1.82) is 0 Å². The molecule has 0 aliphatic carbocycles. The fourth-order valence-electron chi connectivity index (χ4n) is 3.01. The highest BCUT2D eigenvalue weighted by atomic mass is 35.5. The molecule has 3 nitrogen and oxygen atoms in total. The van der Waals surface area contributed by atoms with Crippen LogP contribution >= 0.6 is 34.5 Å². The second-order valence-corrected chi connectivity index (χ2v) is 8.31. The zero-order valence-corrected chi connectivity index (χ0v) is 15.7. The lowest BCUT2D eigenvalue weighted by Gasteiger charge is -2.27. The minimum Gasteiger partial charge on any atom is -0.348 e. The molecule has 24 heavy (non-hydrogen) atoms. The fraction of sp³-hybridized carbons (Fsp3) is 0.389. The van der Waals surface area contributed by atoms with Gasteiger partial charge < -0.3 is 5.32 Å². The van der Waals surface area contributed by atoms with Crippen molar-refractivity contribution in [2.75, 3.05) is 13.1 Å². The van der Waals surface area contributed by atoms with Crippen molar-refractivity contribution in [3.05, 3.63) is 55.7 Å². The molecule has 2 aromatic rings. The maximum absolute atomic E-state index is 12.3. The third-order valence-electron chi connectivity index (χ3n) is 4.30. The average molecular weight is 383 g/mol. The molecule has 1 fully saturated rings. The molecule has 0 unspecified atom stereocenters. The van der Waals surface area contributed by atoms with Crippen molar-refractivity contribution < 1.29 is 4.79 Å². The van der Waals surface area contributed by atoms with Gasteiger partial charge in [-0.15, -0.1) is 11.3 Å². The molecule has 1 saturated heterocycles. The summed E-state index contributed by atoms with van der Waals surface area (Å²) in [5, 5.41) is 2.95. The van der Waals surface area contributed by atoms with Gasteiger partial charge in [0.2, 0.25) is 0 Å². The normalized spacial score (nSPS) is 15.4. The Labute approximate surface area is 156 Å². The van der Waals surface area contributed by atoms with Crippen LogP contribution in [0.2, 0.25) is 8.67 Å². The van der Waals surface area contributed by atoms with E-state index in [0.29, 0.717) is 20.8 Å². The molecule has 1 aliphatic heterocycles. The highest BCUT2D eigenvalue weighted by molar-refractivity contribution is 7.20. The summed E-state index contributed by atoms with van der Waals surface area (Å²) in [5.41, 5.74) is 2.86. The van der Waals surface area contributed by atoms with Crippen molar-refractivity contribution in [2.24, 2.45) is 0 Å². The molecule has 0 atom stereocenters. The van der Waals surface area contributed by atoms with E-state index in [2.05, 4.69) is 28.4 Å². The van der Waals surface area contributed by atoms with Crippen LogP contribution in [0, 0.1) is 0 Å². The Balaban J connectivity index is 1.64. The van der Waals surface area contributed by atoms with Gasteiger partial charge in [0, 0.05) is 13.1 Å². The quantitative estimate of drug-likeness (QED) is 0.791. The Morgan fingerprint density at radius 1 is 1.12 bits per heavy atom. The largest absolute Gasteiger partial charge is 0.348 e. The molecule has 0 saturated carbocycles. The Morgan fingerprint density at radius 2 is 1.83 bits per heavy atom. The maximum Gasteiger partial charge on any atom is 0.253 e. The second kappa shape index (κ2) is 8.34. The summed E-state index contributed by atoms with van der Waals surface area (Å²) < 4.78 is 0.953. The molecule has 3 rings (SSSR count). The zero-order chi connectivity index (χ0) is 16.9. The summed E-state index contributed by atoms with van der Waals surface area (Å²) >= 11 is 13.2. The Morgan fingerprint density at radius 3 is 2.50 bits per heavy atom. The van der Waals surface area contributed by atoms with Gasteiger partial charge in [0.25, 0.3) is 5.91 Å². The monoisotopic (exact) mass is 382 g/mol. The van der Waals surface area contributed by atoms with E-state index in [1.54, 1.807) is 6.07 Å². The standard InChI is InChI=1S/C18H20Cl2N2OS/c19-16-10-15(17(20)24-16)18(23)21-11-13-6-2-3-7-14(13)12-22-8-4-1-5-9-22/h2-3,6-7,10H,1,4-5,8-9,11-12H2,(H,21,23). The number of amides is 1. The van der Waals surface area contributed by atoms with Crippen LogP contribution in [0.4, 0.5) is 0 Å². The van der Waals surface area contributed by atoms with E-state index < -0.39 is 0 Å². The molecule has 2 heterocycles. The predicted molar refractivity (Wildman–Crippen MR) is 101 cm³/mol. The number of hydrogen-bond donors (Lipinski definition) is 1. The Bertz CT molecular complexity index is 711. The van der Waals surface area contributed by atoms with Gasteiger partial charge in [-0.3, -0.25) is 9.69 Å². The average Bonchev–Trinajstić information content (AvgIpc) is 2.93. The van der Waals surface area contributed by atoms with E-state index in [9.17, 15) is 4.79 Å². The minimum atomic E-state index is -0.184. The second-order valence-electron chi connectivity index (χ2n) is 6.03. The Kier molecular flexibility index (Phi) is 6.17. The van der Waals surface area contributed by atoms with E-state index in [0.717, 1.165) is 25.2 Å². The molecule has 128 valence electrons. The molecular weight excluding hydrogens is 363 g/mol. The maximum atomic E-state index is 12.3. The molecule has 0 radical (unpaired) electrons. The molecule has 1 N–H and O–H groups in total. The van der Waals surface area contributed by atoms with Crippen molar-refractivity contribution >= 4 is 40.4 Å². The topological polar surface area (TPSA) is 32.3 Å². The van der Waals surface area contributed by atoms with E-state index in [1.165, 1.54) is 36.2 Å². The molecule has 0 spiro atoms. The van der Waals surface area contributed by atoms with Gasteiger partial charge in [-0.05, 0) is 43.1 Å². The summed E-state index contributed by atoms with van der Waals surface area (Å²) in [6.45, 7) is 3.75. The molecule has 1 amide bonds. The summed E-state index contributed by atoms with van der Waals surface area (Å²) in [5.74, 6) is -0.184. The number of halogens is 2. The molecule has 1 aromatic carbocycles. The van der Waals surface area contributed by atoms with Crippen LogP contribution in [0.15, 0.2) is 30.3 Å². The van der Waals surface area contributed by atoms with Crippen LogP contribution in [0.25, 0.3) is 0 Å². The molecule has 0 bridgehead atoms. The summed E-state index contributed by atoms with van der Waals surface area (Å²) in [4.78, 5) is 14.8. The third-order valence-corrected chi connectivity index (χ3v) is 5.79. The van der Waals surface area contributed by atoms with Gasteiger partial charge in [0.1, 0.15) is 4.34 Å². The first-order valence-corrected chi connectivity index (χ1v) is 9.73. The number of nitrogens with one attached hydrogen (secondary N) is 1. The van der Waals surface area contributed by atoms with Crippen LogP contribution in [-0.2, 0) is 13.1 Å². The number of nitrogens with zero attached hydrogens (tertiary/aromatic N) is 1. The number of hydrogen-bond acceptors (Lipinski definition) is 3. The lowest BCUT2D eigenvalue weighted by Crippen LogP contribution is -2.30. The summed E-state index contributed by atoms with van der Waals surface area (Å²) in [6, 6.07) is 9.89. The first-order chi connectivity index (χ1) is 11.6. The van der Waals surface area contributed by atoms with Crippen LogP contribution in [0.1, 0.15) is 40.7 Å². The predicted octanol–water partition coefficient (Wildman–Crippen LogP) is 4.97. The van der Waals surface area contributed by atoms with Gasteiger partial charge in [-0.2, -0.15) is 0 Å². The van der Waals surface area contributed by atoms with Crippen LogP contribution in [0.3, 0.4) is 0 Å². The number of carbonyl (C=O) groups is 1. The van der Waals surface area contributed by atoms with Crippen molar-refractivity contribution in [2.45, 2.75) is 32.4 Å². The zero-order valence-electron chi connectivity index (χ0n) is 13.4. The van der Waals surface area contributed by atoms with Gasteiger partial charge in [-0.25, -0.2) is 0 Å². The highest BCUT2D eigenvalue weighted by Gasteiger charge is 2.15. The van der Waals surface area contributed by atoms with E-state index in [4.69, 9.17) is 23.2 Å². The van der Waals surface area contributed by atoms with Gasteiger partial charge in [-0.1, -0.05) is 53.9 Å². The van der Waals surface area contributed by atoms with Crippen molar-refractivity contribution in [3.8, 4) is 0 Å². The third kappa shape index (κ3) is 4.51. The highest BCUT2D eigenvalue weighted by Crippen LogP contribution is 2.31. The van der Waals surface area contributed by atoms with Gasteiger partial charge >= 0.3 is 0 Å². The summed E-state index contributed by atoms with van der Waals surface area (Å²) in [6.07, 6.45) is 3.88. The number of piperidine rings is 1. The molecule has 1 aliphatic rings. The SMILES string of the molecule is O=C(NCc1ccccc1CN1CCCCC1)c1cc(Cl)sc1Cl. The smallest absolute Gasteiger partial charge is 0.253 e. The van der Waals surface area contributed by atoms with E-state index >= 15 is 0 Å². The van der Waals surface area contributed by atoms with Crippen molar-refractivity contribution in [3.63, 3.8) is 0 Å². The van der Waals surface area contributed by atoms with E-state index in [1.807, 2.05) is 6.07 Å². The van der Waals surface area contributed by atoms with Crippen LogP contribution in [-0.4, -0.2) is 23.9 Å². The molecule has 1 aromatic heterocycles. The lowest BCUT2D eigenvalue weighted by molar-refractivity contribution is 0.0951. The first kappa shape index (κ1) is 17.7. The van der Waals surface area contributed by atoms with Crippen LogP contribution < -0.4 is 5.32 Å². The minimum absolute atomic E-state index is 0.184. The van der Waals surface area contributed by atoms with Crippen molar-refractivity contribution in [1.82, 2.24) is 10.2 Å². The number of thiophene rings is 1. The number of rotatable bonds is 5. The fourth-order valence-corrected chi connectivity index (χ4v) is 4.47. The number of benzene rings is 1. The lowest BCUT2D eigenvalue weighted by atomic mass is 10.0. The first-order valence-electron chi connectivity index (χ1n) is 8.15. The molecule has 6 heteroatoms. The van der Waals surface area contributed by atoms with Gasteiger partial charge in [0.05, 0.1) is 9.90 Å². The molecular formula is C18H20Cl2N2OS. The number of carbonyl (C=O) groups excluding carboxylic acids is 1. The van der Waals surface area contributed by atoms with Crippen LogP contribution in [0.5, 0.6) is 0 Å².